The summed E-state index contributed by atoms with van der Waals surface area (Å²) in [6.45, 7) is 1.48. The van der Waals surface area contributed by atoms with Crippen LogP contribution in [0.25, 0.3) is 11.8 Å². The molecule has 5 heteroatoms. The summed E-state index contributed by atoms with van der Waals surface area (Å²) in [5.74, 6) is 0. The van der Waals surface area contributed by atoms with Crippen LogP contribution in [0.3, 0.4) is 0 Å². The quantitative estimate of drug-likeness (QED) is 0.600. The highest BCUT2D eigenvalue weighted by Crippen LogP contribution is 2.12. The van der Waals surface area contributed by atoms with Crippen LogP contribution < -0.4 is 0 Å². The zero-order chi connectivity index (χ0) is 12.3. The Morgan fingerprint density at radius 2 is 2.12 bits per heavy atom. The zero-order valence-electron chi connectivity index (χ0n) is 9.28. The Labute approximate surface area is 98.2 Å². The van der Waals surface area contributed by atoms with Gasteiger partial charge in [0.2, 0.25) is 5.70 Å². The molecule has 5 nitrogen and oxygen atoms in total. The Bertz CT molecular complexity index is 542. The summed E-state index contributed by atoms with van der Waals surface area (Å²) in [5.41, 5.74) is 1.90. The molecule has 1 aromatic carbocycles. The molecule has 0 aliphatic heterocycles. The molecular weight excluding hydrogens is 218 g/mol. The second-order valence-corrected chi connectivity index (χ2v) is 3.60. The fourth-order valence-electron chi connectivity index (χ4n) is 1.45. The number of hydrogen-bond acceptors (Lipinski definition) is 3. The van der Waals surface area contributed by atoms with E-state index in [0.29, 0.717) is 0 Å². The first-order valence-electron chi connectivity index (χ1n) is 5.08. The molecule has 0 fully saturated rings. The minimum Gasteiger partial charge on any atom is -0.306 e. The third-order valence-corrected chi connectivity index (χ3v) is 2.36. The molecule has 0 atom stereocenters. The Morgan fingerprint density at radius 3 is 2.65 bits per heavy atom. The summed E-state index contributed by atoms with van der Waals surface area (Å²) in [4.78, 5) is 14.0. The molecule has 0 N–H and O–H groups in total. The van der Waals surface area contributed by atoms with Gasteiger partial charge in [-0.15, -0.1) is 0 Å². The lowest BCUT2D eigenvalue weighted by Gasteiger charge is -2.01. The van der Waals surface area contributed by atoms with Crippen molar-refractivity contribution in [3.05, 3.63) is 64.4 Å². The molecule has 1 aromatic heterocycles. The minimum atomic E-state index is -0.399. The van der Waals surface area contributed by atoms with Crippen molar-refractivity contribution in [1.82, 2.24) is 9.55 Å². The topological polar surface area (TPSA) is 61.0 Å². The molecule has 0 saturated heterocycles. The lowest BCUT2D eigenvalue weighted by atomic mass is 10.2. The standard InChI is InChI=1S/C12H11N3O2/c1-10(15(16)17)8-11-2-4-12(5-3-11)14-7-6-13-9-14/h2-9H,1H3/b10-8+. The number of nitro groups is 1. The summed E-state index contributed by atoms with van der Waals surface area (Å²) in [6, 6.07) is 7.45. The van der Waals surface area contributed by atoms with Gasteiger partial charge in [-0.05, 0) is 17.7 Å². The smallest absolute Gasteiger partial charge is 0.243 e. The first kappa shape index (κ1) is 11.1. The van der Waals surface area contributed by atoms with E-state index >= 15 is 0 Å². The molecule has 0 radical (unpaired) electrons. The van der Waals surface area contributed by atoms with E-state index in [2.05, 4.69) is 4.98 Å². The molecule has 1 heterocycles. The molecule has 2 aromatic rings. The Hall–Kier alpha value is -2.43. The van der Waals surface area contributed by atoms with Crippen molar-refractivity contribution in [2.45, 2.75) is 6.92 Å². The van der Waals surface area contributed by atoms with Crippen molar-refractivity contribution < 1.29 is 4.92 Å². The highest BCUT2D eigenvalue weighted by atomic mass is 16.6. The minimum absolute atomic E-state index is 0.125. The van der Waals surface area contributed by atoms with Gasteiger partial charge in [-0.3, -0.25) is 10.1 Å². The number of benzene rings is 1. The van der Waals surface area contributed by atoms with Crippen LogP contribution in [0.4, 0.5) is 0 Å². The van der Waals surface area contributed by atoms with Crippen molar-refractivity contribution in [1.29, 1.82) is 0 Å². The largest absolute Gasteiger partial charge is 0.306 e. The first-order chi connectivity index (χ1) is 8.16. The Kier molecular flexibility index (Phi) is 3.00. The number of rotatable bonds is 3. The molecule has 0 aliphatic rings. The zero-order valence-corrected chi connectivity index (χ0v) is 9.28. The van der Waals surface area contributed by atoms with Gasteiger partial charge in [0.15, 0.2) is 0 Å². The van der Waals surface area contributed by atoms with Crippen molar-refractivity contribution in [2.75, 3.05) is 0 Å². The molecule has 0 spiro atoms. The molecule has 0 saturated carbocycles. The Morgan fingerprint density at radius 1 is 1.41 bits per heavy atom. The summed E-state index contributed by atoms with van der Waals surface area (Å²) < 4.78 is 1.87. The number of allylic oxidation sites excluding steroid dienone is 1. The molecule has 0 unspecified atom stereocenters. The van der Waals surface area contributed by atoms with Gasteiger partial charge < -0.3 is 4.57 Å². The first-order valence-corrected chi connectivity index (χ1v) is 5.08. The number of imidazole rings is 1. The predicted octanol–water partition coefficient (Wildman–Crippen LogP) is 2.51. The SMILES string of the molecule is C/C(=C\c1ccc(-n2ccnc2)cc1)[N+](=O)[O-]. The van der Waals surface area contributed by atoms with Crippen LogP contribution >= 0.6 is 0 Å². The maximum Gasteiger partial charge on any atom is 0.243 e. The van der Waals surface area contributed by atoms with E-state index in [1.807, 2.05) is 35.0 Å². The fraction of sp³-hybridized carbons (Fsp3) is 0.0833. The lowest BCUT2D eigenvalue weighted by Crippen LogP contribution is -1.93. The summed E-state index contributed by atoms with van der Waals surface area (Å²) in [7, 11) is 0. The molecule has 86 valence electrons. The average Bonchev–Trinajstić information content (AvgIpc) is 2.83. The van der Waals surface area contributed by atoms with Crippen LogP contribution in [0.2, 0.25) is 0 Å². The van der Waals surface area contributed by atoms with E-state index in [-0.39, 0.29) is 5.70 Å². The van der Waals surface area contributed by atoms with Gasteiger partial charge >= 0.3 is 0 Å². The maximum absolute atomic E-state index is 10.5. The van der Waals surface area contributed by atoms with Gasteiger partial charge in [0.1, 0.15) is 0 Å². The van der Waals surface area contributed by atoms with Crippen LogP contribution in [-0.2, 0) is 0 Å². The molecular formula is C12H11N3O2. The van der Waals surface area contributed by atoms with E-state index in [1.54, 1.807) is 12.5 Å². The van der Waals surface area contributed by atoms with Crippen LogP contribution in [0.15, 0.2) is 48.7 Å². The molecule has 0 amide bonds. The van der Waals surface area contributed by atoms with Crippen LogP contribution in [-0.4, -0.2) is 14.5 Å². The van der Waals surface area contributed by atoms with E-state index in [1.165, 1.54) is 13.0 Å². The molecule has 17 heavy (non-hydrogen) atoms. The average molecular weight is 229 g/mol. The lowest BCUT2D eigenvalue weighted by molar-refractivity contribution is -0.422. The number of nitrogens with zero attached hydrogens (tertiary/aromatic N) is 3. The maximum atomic E-state index is 10.5. The highest BCUT2D eigenvalue weighted by Gasteiger charge is 2.02. The van der Waals surface area contributed by atoms with E-state index in [4.69, 9.17) is 0 Å². The normalized spacial score (nSPS) is 11.5. The van der Waals surface area contributed by atoms with Gasteiger partial charge in [0.25, 0.3) is 0 Å². The van der Waals surface area contributed by atoms with Gasteiger partial charge in [-0.2, -0.15) is 0 Å². The van der Waals surface area contributed by atoms with Gasteiger partial charge in [0, 0.05) is 31.1 Å². The van der Waals surface area contributed by atoms with Crippen molar-refractivity contribution in [3.63, 3.8) is 0 Å². The second kappa shape index (κ2) is 4.61. The van der Waals surface area contributed by atoms with Crippen LogP contribution in [0.5, 0.6) is 0 Å². The predicted molar refractivity (Wildman–Crippen MR) is 64.2 cm³/mol. The van der Waals surface area contributed by atoms with Gasteiger partial charge in [-0.25, -0.2) is 4.98 Å². The van der Waals surface area contributed by atoms with Gasteiger partial charge in [-0.1, -0.05) is 12.1 Å². The summed E-state index contributed by atoms with van der Waals surface area (Å²) in [6.07, 6.45) is 6.78. The van der Waals surface area contributed by atoms with E-state index in [0.717, 1.165) is 11.3 Å². The van der Waals surface area contributed by atoms with Gasteiger partial charge in [0.05, 0.1) is 11.3 Å². The highest BCUT2D eigenvalue weighted by molar-refractivity contribution is 5.52. The van der Waals surface area contributed by atoms with E-state index < -0.39 is 4.92 Å². The van der Waals surface area contributed by atoms with Crippen LogP contribution in [0.1, 0.15) is 12.5 Å². The second-order valence-electron chi connectivity index (χ2n) is 3.60. The summed E-state index contributed by atoms with van der Waals surface area (Å²) in [5, 5.41) is 10.5. The fourth-order valence-corrected chi connectivity index (χ4v) is 1.45. The number of hydrogen-bond donors (Lipinski definition) is 0. The molecule has 0 bridgehead atoms. The summed E-state index contributed by atoms with van der Waals surface area (Å²) >= 11 is 0. The van der Waals surface area contributed by atoms with Crippen molar-refractivity contribution >= 4 is 6.08 Å². The number of aromatic nitrogens is 2. The molecule has 0 aliphatic carbocycles. The third kappa shape index (κ3) is 2.57. The third-order valence-electron chi connectivity index (χ3n) is 2.36. The van der Waals surface area contributed by atoms with Crippen molar-refractivity contribution in [2.24, 2.45) is 0 Å². The van der Waals surface area contributed by atoms with E-state index in [9.17, 15) is 10.1 Å². The van der Waals surface area contributed by atoms with Crippen LogP contribution in [0, 0.1) is 10.1 Å². The molecule has 2 rings (SSSR count). The van der Waals surface area contributed by atoms with Crippen molar-refractivity contribution in [3.8, 4) is 5.69 Å². The Balaban J connectivity index is 2.25. The monoisotopic (exact) mass is 229 g/mol.